The molecule has 106 valence electrons. The van der Waals surface area contributed by atoms with E-state index in [0.29, 0.717) is 0 Å². The number of hydrogen-bond donors (Lipinski definition) is 5. The van der Waals surface area contributed by atoms with Gasteiger partial charge in [0.15, 0.2) is 5.78 Å². The largest absolute Gasteiger partial charge is 0.369 e. The first-order valence-electron chi connectivity index (χ1n) is 4.94. The monoisotopic (exact) mass is 302 g/mol. The Hall–Kier alpha value is -0.330. The van der Waals surface area contributed by atoms with Crippen LogP contribution in [0.1, 0.15) is 25.7 Å². The van der Waals surface area contributed by atoms with Crippen LogP contribution in [0, 0.1) is 0 Å². The number of aliphatic hydroxyl groups is 1. The van der Waals surface area contributed by atoms with Gasteiger partial charge in [-0.1, -0.05) is 6.58 Å². The van der Waals surface area contributed by atoms with Crippen LogP contribution >= 0.6 is 15.2 Å². The van der Waals surface area contributed by atoms with Gasteiger partial charge in [0.1, 0.15) is 0 Å². The van der Waals surface area contributed by atoms with Crippen molar-refractivity contribution in [2.24, 2.45) is 0 Å². The van der Waals surface area contributed by atoms with Crippen molar-refractivity contribution in [1.82, 2.24) is 0 Å². The molecule has 0 unspecified atom stereocenters. The van der Waals surface area contributed by atoms with Gasteiger partial charge in [-0.2, -0.15) is 0 Å². The summed E-state index contributed by atoms with van der Waals surface area (Å²) in [5.74, 6) is -0.300. The zero-order valence-corrected chi connectivity index (χ0v) is 11.3. The molecule has 0 saturated heterocycles. The molecule has 5 N–H and O–H groups in total. The second kappa shape index (κ2) is 6.21. The van der Waals surface area contributed by atoms with Gasteiger partial charge < -0.3 is 24.7 Å². The van der Waals surface area contributed by atoms with E-state index in [9.17, 15) is 19.0 Å². The Morgan fingerprint density at radius 2 is 1.56 bits per heavy atom. The van der Waals surface area contributed by atoms with Crippen LogP contribution in [0.15, 0.2) is 12.7 Å². The average molecular weight is 302 g/mol. The van der Waals surface area contributed by atoms with E-state index < -0.39 is 26.7 Å². The van der Waals surface area contributed by atoms with Crippen LogP contribution in [0.2, 0.25) is 0 Å². The third-order valence-electron chi connectivity index (χ3n) is 2.35. The lowest BCUT2D eigenvalue weighted by molar-refractivity contribution is -0.114. The Kier molecular flexibility index (Phi) is 6.10. The van der Waals surface area contributed by atoms with E-state index in [4.69, 9.17) is 19.6 Å². The maximum Gasteiger partial charge on any atom is 0.369 e. The lowest BCUT2D eigenvalue weighted by atomic mass is 10.1. The molecule has 0 aromatic rings. The van der Waals surface area contributed by atoms with Crippen LogP contribution in [0.25, 0.3) is 0 Å². The van der Waals surface area contributed by atoms with Crippen molar-refractivity contribution in [2.75, 3.05) is 0 Å². The first-order valence-corrected chi connectivity index (χ1v) is 8.17. The maximum absolute atomic E-state index is 11.0. The van der Waals surface area contributed by atoms with E-state index >= 15 is 0 Å². The summed E-state index contributed by atoms with van der Waals surface area (Å²) in [5.41, 5.74) is 0. The topological polar surface area (TPSA) is 152 Å². The smallest absolute Gasteiger partial charge is 0.368 e. The summed E-state index contributed by atoms with van der Waals surface area (Å²) in [6, 6.07) is 0. The number of hydrogen-bond acceptors (Lipinski definition) is 4. The minimum absolute atomic E-state index is 0.0297. The Labute approximate surface area is 104 Å². The molecular formula is C8H16O8P2. The third-order valence-corrected chi connectivity index (χ3v) is 6.22. The summed E-state index contributed by atoms with van der Waals surface area (Å²) >= 11 is 0. The lowest BCUT2D eigenvalue weighted by Gasteiger charge is -2.29. The molecule has 0 bridgehead atoms. The molecule has 0 aromatic heterocycles. The van der Waals surface area contributed by atoms with E-state index in [1.807, 2.05) is 0 Å². The average Bonchev–Trinajstić information content (AvgIpc) is 2.20. The molecule has 0 aliphatic carbocycles. The highest BCUT2D eigenvalue weighted by molar-refractivity contribution is 7.72. The first kappa shape index (κ1) is 17.7. The van der Waals surface area contributed by atoms with E-state index in [0.717, 1.165) is 6.08 Å². The molecule has 0 rings (SSSR count). The van der Waals surface area contributed by atoms with Gasteiger partial charge in [0.25, 0.3) is 5.08 Å². The highest BCUT2D eigenvalue weighted by Crippen LogP contribution is 2.69. The van der Waals surface area contributed by atoms with Gasteiger partial charge in [0.2, 0.25) is 0 Å². The molecule has 0 fully saturated rings. The number of unbranched alkanes of at least 4 members (excludes halogenated alkanes) is 1. The van der Waals surface area contributed by atoms with E-state index in [1.54, 1.807) is 0 Å². The maximum atomic E-state index is 11.0. The summed E-state index contributed by atoms with van der Waals surface area (Å²) in [4.78, 5) is 46.1. The van der Waals surface area contributed by atoms with Crippen LogP contribution in [-0.4, -0.2) is 35.5 Å². The van der Waals surface area contributed by atoms with Gasteiger partial charge in [-0.25, -0.2) is 0 Å². The number of carbonyl (C=O) groups excluding carboxylic acids is 1. The molecule has 0 atom stereocenters. The third kappa shape index (κ3) is 4.40. The van der Waals surface area contributed by atoms with E-state index in [-0.39, 0.29) is 25.0 Å². The summed E-state index contributed by atoms with van der Waals surface area (Å²) < 4.78 is 21.9. The molecular weight excluding hydrogens is 286 g/mol. The van der Waals surface area contributed by atoms with Crippen molar-refractivity contribution in [3.8, 4) is 0 Å². The second-order valence-electron chi connectivity index (χ2n) is 3.74. The molecule has 0 aliphatic heterocycles. The van der Waals surface area contributed by atoms with Crippen molar-refractivity contribution >= 4 is 21.0 Å². The summed E-state index contributed by atoms with van der Waals surface area (Å²) in [5, 5.41) is 6.08. The fraction of sp³-hybridized carbons (Fsp3) is 0.625. The lowest BCUT2D eigenvalue weighted by Crippen LogP contribution is -2.28. The van der Waals surface area contributed by atoms with E-state index in [2.05, 4.69) is 6.58 Å². The molecule has 0 amide bonds. The second-order valence-corrected chi connectivity index (χ2v) is 7.75. The van der Waals surface area contributed by atoms with Crippen LogP contribution in [0.4, 0.5) is 0 Å². The van der Waals surface area contributed by atoms with E-state index in [1.165, 1.54) is 0 Å². The van der Waals surface area contributed by atoms with Gasteiger partial charge in [0.05, 0.1) is 0 Å². The van der Waals surface area contributed by atoms with Crippen LogP contribution in [-0.2, 0) is 13.9 Å². The number of carbonyl (C=O) groups is 1. The Morgan fingerprint density at radius 1 is 1.11 bits per heavy atom. The zero-order chi connectivity index (χ0) is 14.6. The Bertz CT molecular complexity index is 383. The molecule has 0 heterocycles. The van der Waals surface area contributed by atoms with Gasteiger partial charge in [-0.15, -0.1) is 0 Å². The van der Waals surface area contributed by atoms with Crippen LogP contribution in [0.5, 0.6) is 0 Å². The van der Waals surface area contributed by atoms with Gasteiger partial charge in [-0.05, 0) is 25.3 Å². The fourth-order valence-corrected chi connectivity index (χ4v) is 3.48. The molecule has 0 saturated carbocycles. The zero-order valence-electron chi connectivity index (χ0n) is 9.47. The molecule has 8 nitrogen and oxygen atoms in total. The highest BCUT2D eigenvalue weighted by atomic mass is 31.2. The normalized spacial score (nSPS) is 13.4. The quantitative estimate of drug-likeness (QED) is 0.244. The number of rotatable bonds is 8. The minimum Gasteiger partial charge on any atom is -0.368 e. The number of ketones is 1. The Morgan fingerprint density at radius 3 is 1.89 bits per heavy atom. The molecule has 18 heavy (non-hydrogen) atoms. The van der Waals surface area contributed by atoms with Gasteiger partial charge in [0, 0.05) is 6.42 Å². The molecule has 0 radical (unpaired) electrons. The van der Waals surface area contributed by atoms with Crippen molar-refractivity contribution in [1.29, 1.82) is 0 Å². The fourth-order valence-electron chi connectivity index (χ4n) is 1.22. The van der Waals surface area contributed by atoms with Crippen molar-refractivity contribution in [3.05, 3.63) is 12.7 Å². The van der Waals surface area contributed by atoms with Crippen molar-refractivity contribution in [3.63, 3.8) is 0 Å². The summed E-state index contributed by atoms with van der Waals surface area (Å²) in [6.07, 6.45) is 0.311. The SMILES string of the molecule is C=CC(=O)CCCCC(O)(P(=O)(O)O)P(=O)(O)O. The summed E-state index contributed by atoms with van der Waals surface area (Å²) in [6.45, 7) is 3.22. The number of allylic oxidation sites excluding steroid dienone is 1. The predicted octanol–water partition coefficient (Wildman–Crippen LogP) is 0.303. The molecule has 0 aromatic carbocycles. The van der Waals surface area contributed by atoms with Crippen LogP contribution in [0.3, 0.4) is 0 Å². The minimum atomic E-state index is -5.39. The molecule has 10 heteroatoms. The summed E-state index contributed by atoms with van der Waals surface area (Å²) in [7, 11) is -10.8. The van der Waals surface area contributed by atoms with Crippen molar-refractivity contribution < 1.29 is 38.6 Å². The molecule has 0 aliphatic rings. The molecule has 0 spiro atoms. The van der Waals surface area contributed by atoms with Crippen LogP contribution < -0.4 is 0 Å². The van der Waals surface area contributed by atoms with Crippen molar-refractivity contribution in [2.45, 2.75) is 30.8 Å². The predicted molar refractivity (Wildman–Crippen MR) is 62.7 cm³/mol. The Balaban J connectivity index is 4.67. The van der Waals surface area contributed by atoms with Gasteiger partial charge >= 0.3 is 15.2 Å². The highest BCUT2D eigenvalue weighted by Gasteiger charge is 2.58. The first-order chi connectivity index (χ1) is 7.95. The standard InChI is InChI=1S/C8H16O8P2/c1-2-7(9)5-3-4-6-8(10,17(11,12)13)18(14,15)16/h2,10H,1,3-6H2,(H2,11,12,13)(H2,14,15,16). The van der Waals surface area contributed by atoms with Gasteiger partial charge in [-0.3, -0.25) is 13.9 Å².